The van der Waals surface area contributed by atoms with E-state index < -0.39 is 39.7 Å². The maximum Gasteiger partial charge on any atom is 0.416 e. The average Bonchev–Trinajstić information content (AvgIpc) is 3.35. The molecule has 1 unspecified atom stereocenters. The van der Waals surface area contributed by atoms with Crippen LogP contribution in [0.2, 0.25) is 0 Å². The predicted octanol–water partition coefficient (Wildman–Crippen LogP) is 8.43. The van der Waals surface area contributed by atoms with Gasteiger partial charge >= 0.3 is 6.18 Å². The van der Waals surface area contributed by atoms with Gasteiger partial charge in [0, 0.05) is 33.9 Å². The van der Waals surface area contributed by atoms with Crippen molar-refractivity contribution in [2.75, 3.05) is 19.6 Å². The van der Waals surface area contributed by atoms with Gasteiger partial charge in [-0.25, -0.2) is 0 Å². The molecule has 1 heterocycles. The van der Waals surface area contributed by atoms with E-state index in [9.17, 15) is 28.2 Å². The zero-order valence-corrected chi connectivity index (χ0v) is 28.8. The van der Waals surface area contributed by atoms with E-state index >= 15 is 0 Å². The molecule has 2 spiro atoms. The van der Waals surface area contributed by atoms with Gasteiger partial charge < -0.3 is 15.1 Å². The second-order valence-electron chi connectivity index (χ2n) is 17.1. The first-order chi connectivity index (χ1) is 23.2. The van der Waals surface area contributed by atoms with Gasteiger partial charge in [0.2, 0.25) is 0 Å². The zero-order valence-electron chi connectivity index (χ0n) is 28.8. The summed E-state index contributed by atoms with van der Waals surface area (Å²) in [5.41, 5.74) is -1.61. The fraction of sp³-hybridized carbons (Fsp3) is 0.595. The Labute approximate surface area is 288 Å². The fourth-order valence-electron chi connectivity index (χ4n) is 12.3. The van der Waals surface area contributed by atoms with Crippen LogP contribution in [0, 0.1) is 39.4 Å². The second kappa shape index (κ2) is 11.4. The minimum Gasteiger partial charge on any atom is -0.393 e. The van der Waals surface area contributed by atoms with Crippen LogP contribution in [-0.2, 0) is 12.6 Å². The summed E-state index contributed by atoms with van der Waals surface area (Å²) in [7, 11) is 0. The Morgan fingerprint density at radius 2 is 1.57 bits per heavy atom. The zero-order chi connectivity index (χ0) is 34.5. The first kappa shape index (κ1) is 33.4. The largest absolute Gasteiger partial charge is 0.416 e. The minimum atomic E-state index is -4.55. The van der Waals surface area contributed by atoms with Crippen LogP contribution in [0.1, 0.15) is 93.1 Å². The van der Waals surface area contributed by atoms with Crippen LogP contribution in [0.5, 0.6) is 0 Å². The third-order valence-electron chi connectivity index (χ3n) is 15.0. The summed E-state index contributed by atoms with van der Waals surface area (Å²) in [4.78, 5) is 17.2. The molecular formula is C42H50F3NO3. The third kappa shape index (κ3) is 4.92. The predicted molar refractivity (Wildman–Crippen MR) is 184 cm³/mol. The minimum absolute atomic E-state index is 0.0291. The lowest BCUT2D eigenvalue weighted by molar-refractivity contribution is -0.177. The number of piperidine rings is 1. The number of nitrogens with zero attached hydrogens (tertiary/aromatic N) is 1. The van der Waals surface area contributed by atoms with Crippen molar-refractivity contribution in [2.24, 2.45) is 39.4 Å². The van der Waals surface area contributed by atoms with Crippen LogP contribution in [-0.4, -0.2) is 52.2 Å². The Balaban J connectivity index is 1.12. The number of likely N-dealkylation sites (tertiary alicyclic amines) is 1. The summed E-state index contributed by atoms with van der Waals surface area (Å²) < 4.78 is 41.5. The quantitative estimate of drug-likeness (QED) is 0.239. The van der Waals surface area contributed by atoms with E-state index in [-0.39, 0.29) is 28.6 Å². The van der Waals surface area contributed by atoms with E-state index in [1.807, 2.05) is 0 Å². The molecule has 0 amide bonds. The highest BCUT2D eigenvalue weighted by molar-refractivity contribution is 6.10. The SMILES string of the molecule is C[C@]12CC[C@H]3[C@]4(C=C[C@@]5(C=C4C(=O)c4cccc(C(F)(F)F)c4)CC(O)CC[C@]35C)[C@@H]1CC[C@@]2(O)CN1CCC(Cc2ccccc2)CC1. The number of aliphatic hydroxyl groups excluding tert-OH is 1. The molecule has 0 aromatic heterocycles. The smallest absolute Gasteiger partial charge is 0.393 e. The number of fused-ring (bicyclic) bond motifs is 1. The van der Waals surface area contributed by atoms with E-state index in [1.165, 1.54) is 17.7 Å². The lowest BCUT2D eigenvalue weighted by Gasteiger charge is -2.71. The lowest BCUT2D eigenvalue weighted by Crippen LogP contribution is -2.67. The number of hydrogen-bond donors (Lipinski definition) is 2. The Bertz CT molecular complexity index is 1680. The molecule has 49 heavy (non-hydrogen) atoms. The number of benzene rings is 2. The van der Waals surface area contributed by atoms with Crippen LogP contribution in [0.25, 0.3) is 0 Å². The second-order valence-corrected chi connectivity index (χ2v) is 17.1. The van der Waals surface area contributed by atoms with E-state index in [4.69, 9.17) is 0 Å². The van der Waals surface area contributed by atoms with Crippen molar-refractivity contribution < 1.29 is 28.2 Å². The lowest BCUT2D eigenvalue weighted by atomic mass is 9.32. The van der Waals surface area contributed by atoms with E-state index in [0.29, 0.717) is 37.3 Å². The van der Waals surface area contributed by atoms with Crippen LogP contribution in [0.4, 0.5) is 13.2 Å². The Hall–Kier alpha value is -2.74. The number of halogens is 3. The summed E-state index contributed by atoms with van der Waals surface area (Å²) >= 11 is 0. The molecule has 262 valence electrons. The van der Waals surface area contributed by atoms with Gasteiger partial charge in [0.05, 0.1) is 17.3 Å². The molecule has 1 saturated heterocycles. The number of rotatable bonds is 6. The molecule has 7 aliphatic rings. The van der Waals surface area contributed by atoms with Crippen molar-refractivity contribution in [1.29, 1.82) is 0 Å². The first-order valence-electron chi connectivity index (χ1n) is 18.6. The van der Waals surface area contributed by atoms with Gasteiger partial charge in [0.25, 0.3) is 0 Å². The molecule has 7 heteroatoms. The number of β-amino-alcohol motifs (C(OH)–C–C–N with tert-alkyl or cyclic N) is 1. The van der Waals surface area contributed by atoms with Gasteiger partial charge in [0.15, 0.2) is 5.78 Å². The van der Waals surface area contributed by atoms with E-state index in [2.05, 4.69) is 67.3 Å². The standard InChI is InChI=1S/C42H50F3NO3/c1-37-16-11-32(47)25-39(37)19-20-41(33(26-39)36(48)30-9-6-10-31(24-30)42(43,44)45)34(37)12-17-38(2)35(41)13-18-40(38,49)27-46-21-14-29(15-22-46)23-28-7-4-3-5-8-28/h3-10,19-20,24,26,29,32,34-35,47,49H,11-18,21-23,25,27H2,1-2H3/t32?,34-,35-,37-,38+,39+,40-,41-/m1/s1. The number of carbonyl (C=O) groups is 1. The summed E-state index contributed by atoms with van der Waals surface area (Å²) in [6.07, 6.45) is 9.94. The molecule has 1 aliphatic heterocycles. The van der Waals surface area contributed by atoms with Gasteiger partial charge in [-0.3, -0.25) is 4.79 Å². The van der Waals surface area contributed by atoms with Crippen molar-refractivity contribution in [3.05, 3.63) is 95.1 Å². The highest BCUT2D eigenvalue weighted by Crippen LogP contribution is 2.78. The normalized spacial score (nSPS) is 40.4. The topological polar surface area (TPSA) is 60.8 Å². The number of hydrogen-bond acceptors (Lipinski definition) is 4. The van der Waals surface area contributed by atoms with Gasteiger partial charge in [0.1, 0.15) is 0 Å². The molecule has 3 saturated carbocycles. The molecule has 9 rings (SSSR count). The van der Waals surface area contributed by atoms with Crippen molar-refractivity contribution in [1.82, 2.24) is 4.90 Å². The van der Waals surface area contributed by atoms with Gasteiger partial charge in [-0.05, 0) is 118 Å². The van der Waals surface area contributed by atoms with Crippen molar-refractivity contribution in [2.45, 2.75) is 95.9 Å². The molecule has 2 bridgehead atoms. The molecule has 2 aromatic rings. The van der Waals surface area contributed by atoms with E-state index in [1.54, 1.807) is 0 Å². The Kier molecular flexibility index (Phi) is 7.76. The van der Waals surface area contributed by atoms with Crippen LogP contribution >= 0.6 is 0 Å². The third-order valence-corrected chi connectivity index (χ3v) is 15.0. The molecule has 0 radical (unpaired) electrons. The van der Waals surface area contributed by atoms with E-state index in [0.717, 1.165) is 70.2 Å². The molecule has 4 fully saturated rings. The number of carbonyl (C=O) groups excluding carboxylic acids is 1. The van der Waals surface area contributed by atoms with Gasteiger partial charge in [-0.15, -0.1) is 0 Å². The molecule has 6 aliphatic carbocycles. The highest BCUT2D eigenvalue weighted by atomic mass is 19.4. The summed E-state index contributed by atoms with van der Waals surface area (Å²) in [6, 6.07) is 15.5. The Morgan fingerprint density at radius 3 is 2.31 bits per heavy atom. The number of Topliss-reactive ketones (excluding diaryl/α,β-unsaturated/α-hetero) is 1. The number of alkyl halides is 3. The van der Waals surface area contributed by atoms with Crippen molar-refractivity contribution >= 4 is 5.78 Å². The number of ketones is 1. The average molecular weight is 674 g/mol. The fourth-order valence-corrected chi connectivity index (χ4v) is 12.3. The molecule has 4 nitrogen and oxygen atoms in total. The van der Waals surface area contributed by atoms with Crippen LogP contribution < -0.4 is 0 Å². The summed E-state index contributed by atoms with van der Waals surface area (Å²) in [5, 5.41) is 23.7. The first-order valence-corrected chi connectivity index (χ1v) is 18.6. The number of allylic oxidation sites excluding steroid dienone is 4. The van der Waals surface area contributed by atoms with Gasteiger partial charge in [-0.1, -0.05) is 74.5 Å². The maximum atomic E-state index is 14.7. The van der Waals surface area contributed by atoms with Crippen LogP contribution in [0.3, 0.4) is 0 Å². The van der Waals surface area contributed by atoms with Crippen molar-refractivity contribution in [3.63, 3.8) is 0 Å². The Morgan fingerprint density at radius 1 is 0.878 bits per heavy atom. The van der Waals surface area contributed by atoms with Crippen molar-refractivity contribution in [3.8, 4) is 0 Å². The number of aliphatic hydroxyl groups is 2. The molecule has 2 aromatic carbocycles. The van der Waals surface area contributed by atoms with Gasteiger partial charge in [-0.2, -0.15) is 13.2 Å². The highest BCUT2D eigenvalue weighted by Gasteiger charge is 2.74. The summed E-state index contributed by atoms with van der Waals surface area (Å²) in [5.74, 6) is 0.357. The molecule has 2 N–H and O–H groups in total. The monoisotopic (exact) mass is 673 g/mol. The molecular weight excluding hydrogens is 623 g/mol. The van der Waals surface area contributed by atoms with Crippen LogP contribution in [0.15, 0.2) is 78.4 Å². The maximum absolute atomic E-state index is 14.7. The molecule has 8 atom stereocenters. The summed E-state index contributed by atoms with van der Waals surface area (Å²) in [6.45, 7) is 7.08.